The Kier molecular flexibility index (Phi) is 6.33. The van der Waals surface area contributed by atoms with Crippen molar-refractivity contribution in [3.8, 4) is 11.1 Å². The summed E-state index contributed by atoms with van der Waals surface area (Å²) in [6.07, 6.45) is 5.86. The first-order chi connectivity index (χ1) is 17.3. The molecule has 1 atom stereocenters. The van der Waals surface area contributed by atoms with Crippen LogP contribution >= 0.6 is 0 Å². The summed E-state index contributed by atoms with van der Waals surface area (Å²) in [6.45, 7) is 2.28. The molecule has 0 saturated heterocycles. The van der Waals surface area contributed by atoms with Crippen molar-refractivity contribution in [2.24, 2.45) is 0 Å². The highest BCUT2D eigenvalue weighted by molar-refractivity contribution is 7.90. The van der Waals surface area contributed by atoms with Crippen molar-refractivity contribution < 1.29 is 17.6 Å². The van der Waals surface area contributed by atoms with Crippen molar-refractivity contribution in [3.05, 3.63) is 114 Å². The van der Waals surface area contributed by atoms with Crippen LogP contribution in [0.3, 0.4) is 0 Å². The summed E-state index contributed by atoms with van der Waals surface area (Å²) in [7, 11) is -3.91. The molecule has 0 bridgehead atoms. The van der Waals surface area contributed by atoms with Gasteiger partial charge in [-0.05, 0) is 48.4 Å². The van der Waals surface area contributed by atoms with Gasteiger partial charge in [-0.3, -0.25) is 4.79 Å². The minimum absolute atomic E-state index is 0.0857. The third-order valence-electron chi connectivity index (χ3n) is 6.26. The lowest BCUT2D eigenvalue weighted by molar-refractivity contribution is 0.0957. The number of carbonyl (C=O) groups excluding carboxylic acids is 1. The number of benzene rings is 3. The van der Waals surface area contributed by atoms with E-state index >= 15 is 0 Å². The summed E-state index contributed by atoms with van der Waals surface area (Å²) in [4.78, 5) is 12.6. The highest BCUT2D eigenvalue weighted by Crippen LogP contribution is 2.33. The molecule has 1 amide bonds. The molecule has 0 saturated carbocycles. The van der Waals surface area contributed by atoms with Crippen molar-refractivity contribution in [1.29, 1.82) is 0 Å². The fraction of sp³-hybridized carbons (Fsp3) is 0.138. The van der Waals surface area contributed by atoms with Crippen LogP contribution in [0.4, 0.5) is 4.39 Å². The van der Waals surface area contributed by atoms with Gasteiger partial charge >= 0.3 is 0 Å². The zero-order valence-electron chi connectivity index (χ0n) is 19.7. The van der Waals surface area contributed by atoms with Crippen molar-refractivity contribution in [2.45, 2.75) is 24.4 Å². The van der Waals surface area contributed by atoms with E-state index in [2.05, 4.69) is 5.32 Å². The second-order valence-corrected chi connectivity index (χ2v) is 10.6. The van der Waals surface area contributed by atoms with E-state index in [1.54, 1.807) is 24.4 Å². The molecule has 7 heteroatoms. The number of amides is 1. The SMILES string of the molecule is Cc1cccc(-c2cn(S(=O)(=O)c3ccc(C(=O)NCC4=CCC(F)C=C4)cc3)c3ccccc23)c1. The van der Waals surface area contributed by atoms with Gasteiger partial charge < -0.3 is 5.32 Å². The third kappa shape index (κ3) is 4.62. The van der Waals surface area contributed by atoms with Gasteiger partial charge in [0.2, 0.25) is 0 Å². The van der Waals surface area contributed by atoms with Crippen LogP contribution in [0.15, 0.2) is 108 Å². The summed E-state index contributed by atoms with van der Waals surface area (Å²) in [5.74, 6) is -0.330. The predicted octanol–water partition coefficient (Wildman–Crippen LogP) is 5.81. The summed E-state index contributed by atoms with van der Waals surface area (Å²) in [6, 6.07) is 21.2. The average Bonchev–Trinajstić information content (AvgIpc) is 3.29. The third-order valence-corrected chi connectivity index (χ3v) is 7.95. The number of hydrogen-bond donors (Lipinski definition) is 1. The maximum absolute atomic E-state index is 13.6. The van der Waals surface area contributed by atoms with Gasteiger partial charge in [-0.15, -0.1) is 0 Å². The highest BCUT2D eigenvalue weighted by atomic mass is 32.2. The maximum Gasteiger partial charge on any atom is 0.268 e. The molecule has 1 unspecified atom stereocenters. The second kappa shape index (κ2) is 9.59. The minimum atomic E-state index is -3.91. The Bertz CT molecular complexity index is 1620. The molecule has 1 N–H and O–H groups in total. The first kappa shape index (κ1) is 23.8. The lowest BCUT2D eigenvalue weighted by atomic mass is 10.0. The first-order valence-corrected chi connectivity index (χ1v) is 13.1. The number of para-hydroxylation sites is 1. The number of allylic oxidation sites excluding steroid dienone is 2. The molecule has 1 heterocycles. The van der Waals surface area contributed by atoms with Gasteiger partial charge in [-0.1, -0.05) is 66.3 Å². The minimum Gasteiger partial charge on any atom is -0.348 e. The molecular formula is C29H25FN2O3S. The quantitative estimate of drug-likeness (QED) is 0.363. The molecular weight excluding hydrogens is 475 g/mol. The van der Waals surface area contributed by atoms with Gasteiger partial charge in [-0.25, -0.2) is 16.8 Å². The zero-order valence-corrected chi connectivity index (χ0v) is 20.5. The number of carbonyl (C=O) groups is 1. The summed E-state index contributed by atoms with van der Waals surface area (Å²) in [5, 5.41) is 3.63. The molecule has 1 aliphatic carbocycles. The molecule has 0 spiro atoms. The molecule has 1 aromatic heterocycles. The topological polar surface area (TPSA) is 68.2 Å². The lowest BCUT2D eigenvalue weighted by Gasteiger charge is -2.11. The summed E-state index contributed by atoms with van der Waals surface area (Å²) in [5.41, 5.74) is 4.62. The smallest absolute Gasteiger partial charge is 0.268 e. The van der Waals surface area contributed by atoms with Crippen LogP contribution in [0.25, 0.3) is 22.0 Å². The van der Waals surface area contributed by atoms with Gasteiger partial charge in [0.1, 0.15) is 6.17 Å². The number of nitrogens with one attached hydrogen (secondary N) is 1. The number of fused-ring (bicyclic) bond motifs is 1. The standard InChI is InChI=1S/C29H25FN2O3S/c1-20-5-4-6-23(17-20)27-19-32(28-8-3-2-7-26(27)28)36(34,35)25-15-11-22(12-16-25)29(33)31-18-21-9-13-24(30)14-10-21/h2-13,15-17,19,24H,14,18H2,1H3,(H,31,33). The van der Waals surface area contributed by atoms with E-state index in [1.807, 2.05) is 49.4 Å². The number of alkyl halides is 1. The van der Waals surface area contributed by atoms with E-state index in [0.717, 1.165) is 27.6 Å². The van der Waals surface area contributed by atoms with Crippen LogP contribution in [0.2, 0.25) is 0 Å². The normalized spacial score (nSPS) is 15.6. The molecule has 182 valence electrons. The number of hydrogen-bond acceptors (Lipinski definition) is 3. The monoisotopic (exact) mass is 500 g/mol. The molecule has 0 radical (unpaired) electrons. The van der Waals surface area contributed by atoms with Crippen LogP contribution in [-0.2, 0) is 10.0 Å². The zero-order chi connectivity index (χ0) is 25.3. The van der Waals surface area contributed by atoms with Gasteiger partial charge in [0.15, 0.2) is 0 Å². The molecule has 5 rings (SSSR count). The van der Waals surface area contributed by atoms with Crippen molar-refractivity contribution in [2.75, 3.05) is 6.54 Å². The molecule has 4 aromatic rings. The number of rotatable bonds is 6. The molecule has 1 aliphatic rings. The van der Waals surface area contributed by atoms with Crippen LogP contribution < -0.4 is 5.32 Å². The molecule has 5 nitrogen and oxygen atoms in total. The fourth-order valence-electron chi connectivity index (χ4n) is 4.34. The number of halogens is 1. The highest BCUT2D eigenvalue weighted by Gasteiger charge is 2.22. The largest absolute Gasteiger partial charge is 0.348 e. The van der Waals surface area contributed by atoms with Crippen molar-refractivity contribution >= 4 is 26.8 Å². The Morgan fingerprint density at radius 1 is 1.06 bits per heavy atom. The van der Waals surface area contributed by atoms with E-state index in [1.165, 1.54) is 34.3 Å². The summed E-state index contributed by atoms with van der Waals surface area (Å²) < 4.78 is 41.7. The van der Waals surface area contributed by atoms with E-state index in [4.69, 9.17) is 0 Å². The second-order valence-electron chi connectivity index (χ2n) is 8.83. The van der Waals surface area contributed by atoms with Crippen molar-refractivity contribution in [1.82, 2.24) is 9.29 Å². The molecule has 0 aliphatic heterocycles. The van der Waals surface area contributed by atoms with E-state index in [9.17, 15) is 17.6 Å². The number of aryl methyl sites for hydroxylation is 1. The van der Waals surface area contributed by atoms with Crippen LogP contribution in [-0.4, -0.2) is 31.0 Å². The molecule has 0 fully saturated rings. The molecule has 36 heavy (non-hydrogen) atoms. The molecule has 3 aromatic carbocycles. The van der Waals surface area contributed by atoms with E-state index in [-0.39, 0.29) is 17.3 Å². The van der Waals surface area contributed by atoms with E-state index in [0.29, 0.717) is 17.5 Å². The lowest BCUT2D eigenvalue weighted by Crippen LogP contribution is -2.26. The Hall–Kier alpha value is -3.97. The van der Waals surface area contributed by atoms with Crippen LogP contribution in [0, 0.1) is 6.92 Å². The van der Waals surface area contributed by atoms with E-state index < -0.39 is 16.2 Å². The van der Waals surface area contributed by atoms with Gasteiger partial charge in [-0.2, -0.15) is 0 Å². The predicted molar refractivity (Wildman–Crippen MR) is 140 cm³/mol. The van der Waals surface area contributed by atoms with Crippen LogP contribution in [0.5, 0.6) is 0 Å². The Labute approximate surface area is 209 Å². The van der Waals surface area contributed by atoms with Gasteiger partial charge in [0.05, 0.1) is 10.4 Å². The number of aromatic nitrogens is 1. The number of nitrogens with zero attached hydrogens (tertiary/aromatic N) is 1. The average molecular weight is 501 g/mol. The Morgan fingerprint density at radius 2 is 1.83 bits per heavy atom. The van der Waals surface area contributed by atoms with Gasteiger partial charge in [0.25, 0.3) is 15.9 Å². The van der Waals surface area contributed by atoms with Crippen LogP contribution in [0.1, 0.15) is 22.3 Å². The van der Waals surface area contributed by atoms with Gasteiger partial charge in [0, 0.05) is 35.7 Å². The maximum atomic E-state index is 13.6. The Morgan fingerprint density at radius 3 is 2.56 bits per heavy atom. The first-order valence-electron chi connectivity index (χ1n) is 11.7. The fourth-order valence-corrected chi connectivity index (χ4v) is 5.71. The van der Waals surface area contributed by atoms with Crippen molar-refractivity contribution in [3.63, 3.8) is 0 Å². The summed E-state index contributed by atoms with van der Waals surface area (Å²) >= 11 is 0. The Balaban J connectivity index is 1.42.